The first-order valence-electron chi connectivity index (χ1n) is 6.32. The fraction of sp³-hybridized carbons (Fsp3) is 0.667. The summed E-state index contributed by atoms with van der Waals surface area (Å²) < 4.78 is 11.0. The maximum absolute atomic E-state index is 5.61. The van der Waals surface area contributed by atoms with Crippen LogP contribution in [-0.2, 0) is 4.74 Å². The molecule has 1 unspecified atom stereocenters. The van der Waals surface area contributed by atoms with Gasteiger partial charge in [-0.05, 0) is 13.8 Å². The van der Waals surface area contributed by atoms with Crippen LogP contribution < -0.4 is 15.4 Å². The van der Waals surface area contributed by atoms with Crippen molar-refractivity contribution in [2.45, 2.75) is 20.0 Å². The van der Waals surface area contributed by atoms with E-state index in [1.165, 1.54) is 0 Å². The number of nitrogens with one attached hydrogen (secondary N) is 2. The minimum absolute atomic E-state index is 0.185. The van der Waals surface area contributed by atoms with E-state index in [1.807, 2.05) is 19.9 Å². The third-order valence-corrected chi connectivity index (χ3v) is 2.62. The van der Waals surface area contributed by atoms with E-state index < -0.39 is 0 Å². The molecule has 18 heavy (non-hydrogen) atoms. The van der Waals surface area contributed by atoms with Gasteiger partial charge in [0.05, 0.1) is 19.3 Å². The first-order valence-corrected chi connectivity index (χ1v) is 6.32. The molecule has 1 aliphatic rings. The third-order valence-electron chi connectivity index (χ3n) is 2.62. The van der Waals surface area contributed by atoms with Crippen molar-refractivity contribution in [1.82, 2.24) is 15.3 Å². The summed E-state index contributed by atoms with van der Waals surface area (Å²) in [5.74, 6) is 2.08. The van der Waals surface area contributed by atoms with Crippen LogP contribution in [0.1, 0.15) is 12.7 Å². The van der Waals surface area contributed by atoms with Crippen molar-refractivity contribution in [2.24, 2.45) is 0 Å². The second-order valence-electron chi connectivity index (χ2n) is 4.15. The fourth-order valence-corrected chi connectivity index (χ4v) is 1.82. The van der Waals surface area contributed by atoms with Crippen molar-refractivity contribution in [3.63, 3.8) is 0 Å². The number of ether oxygens (including phenoxy) is 2. The zero-order valence-corrected chi connectivity index (χ0v) is 10.9. The number of rotatable bonds is 5. The summed E-state index contributed by atoms with van der Waals surface area (Å²) in [5, 5.41) is 6.55. The summed E-state index contributed by atoms with van der Waals surface area (Å²) in [4.78, 5) is 8.52. The standard InChI is InChI=1S/C12H20N4O2/c1-3-17-12-6-11(15-9(2)16-12)14-8-10-7-13-4-5-18-10/h6,10,13H,3-5,7-8H2,1-2H3,(H,14,15,16). The van der Waals surface area contributed by atoms with Gasteiger partial charge < -0.3 is 20.1 Å². The van der Waals surface area contributed by atoms with Crippen LogP contribution in [0, 0.1) is 6.92 Å². The molecule has 0 saturated carbocycles. The van der Waals surface area contributed by atoms with Gasteiger partial charge in [-0.3, -0.25) is 0 Å². The van der Waals surface area contributed by atoms with Crippen LogP contribution in [0.25, 0.3) is 0 Å². The van der Waals surface area contributed by atoms with E-state index in [2.05, 4.69) is 20.6 Å². The van der Waals surface area contributed by atoms with Crippen LogP contribution in [-0.4, -0.2) is 48.9 Å². The molecular formula is C12H20N4O2. The molecule has 1 saturated heterocycles. The molecule has 1 fully saturated rings. The van der Waals surface area contributed by atoms with Crippen molar-refractivity contribution >= 4 is 5.82 Å². The van der Waals surface area contributed by atoms with E-state index in [0.717, 1.165) is 32.1 Å². The molecule has 0 bridgehead atoms. The van der Waals surface area contributed by atoms with Crippen molar-refractivity contribution in [3.05, 3.63) is 11.9 Å². The summed E-state index contributed by atoms with van der Waals surface area (Å²) in [5.41, 5.74) is 0. The van der Waals surface area contributed by atoms with Gasteiger partial charge in [0, 0.05) is 25.7 Å². The van der Waals surface area contributed by atoms with Crippen molar-refractivity contribution in [2.75, 3.05) is 38.2 Å². The molecule has 2 rings (SSSR count). The lowest BCUT2D eigenvalue weighted by atomic mass is 10.3. The number of hydrogen-bond acceptors (Lipinski definition) is 6. The van der Waals surface area contributed by atoms with Crippen LogP contribution >= 0.6 is 0 Å². The zero-order valence-electron chi connectivity index (χ0n) is 10.9. The van der Waals surface area contributed by atoms with Gasteiger partial charge in [0.15, 0.2) is 0 Å². The van der Waals surface area contributed by atoms with E-state index >= 15 is 0 Å². The Bertz CT molecular complexity index is 380. The largest absolute Gasteiger partial charge is 0.478 e. The Balaban J connectivity index is 1.91. The Morgan fingerprint density at radius 2 is 2.44 bits per heavy atom. The van der Waals surface area contributed by atoms with Gasteiger partial charge in [-0.2, -0.15) is 4.98 Å². The predicted molar refractivity (Wildman–Crippen MR) is 69.0 cm³/mol. The van der Waals surface area contributed by atoms with Crippen LogP contribution in [0.5, 0.6) is 5.88 Å². The fourth-order valence-electron chi connectivity index (χ4n) is 1.82. The van der Waals surface area contributed by atoms with Gasteiger partial charge >= 0.3 is 0 Å². The van der Waals surface area contributed by atoms with Crippen molar-refractivity contribution < 1.29 is 9.47 Å². The molecule has 1 aliphatic heterocycles. The molecule has 0 radical (unpaired) electrons. The van der Waals surface area contributed by atoms with E-state index in [9.17, 15) is 0 Å². The number of aromatic nitrogens is 2. The maximum Gasteiger partial charge on any atom is 0.218 e. The van der Waals surface area contributed by atoms with Gasteiger partial charge in [0.1, 0.15) is 11.6 Å². The van der Waals surface area contributed by atoms with Crippen LogP contribution in [0.4, 0.5) is 5.82 Å². The quantitative estimate of drug-likeness (QED) is 0.799. The van der Waals surface area contributed by atoms with Gasteiger partial charge in [-0.1, -0.05) is 0 Å². The highest BCUT2D eigenvalue weighted by atomic mass is 16.5. The first-order chi connectivity index (χ1) is 8.78. The average molecular weight is 252 g/mol. The Labute approximate surface area is 107 Å². The van der Waals surface area contributed by atoms with Crippen molar-refractivity contribution in [1.29, 1.82) is 0 Å². The van der Waals surface area contributed by atoms with E-state index in [4.69, 9.17) is 9.47 Å². The summed E-state index contributed by atoms with van der Waals surface area (Å²) in [6.07, 6.45) is 0.185. The zero-order chi connectivity index (χ0) is 12.8. The molecule has 1 aromatic heterocycles. The Morgan fingerprint density at radius 3 is 3.17 bits per heavy atom. The number of nitrogens with zero attached hydrogens (tertiary/aromatic N) is 2. The minimum atomic E-state index is 0.185. The first kappa shape index (κ1) is 13.0. The highest BCUT2D eigenvalue weighted by Gasteiger charge is 2.13. The second-order valence-corrected chi connectivity index (χ2v) is 4.15. The van der Waals surface area contributed by atoms with E-state index in [0.29, 0.717) is 18.3 Å². The topological polar surface area (TPSA) is 68.3 Å². The molecule has 1 atom stereocenters. The van der Waals surface area contributed by atoms with Crippen LogP contribution in [0.15, 0.2) is 6.07 Å². The second kappa shape index (κ2) is 6.51. The highest BCUT2D eigenvalue weighted by Crippen LogP contribution is 2.13. The van der Waals surface area contributed by atoms with Crippen LogP contribution in [0.2, 0.25) is 0 Å². The number of morpholine rings is 1. The van der Waals surface area contributed by atoms with E-state index in [-0.39, 0.29) is 6.10 Å². The molecule has 1 aromatic rings. The van der Waals surface area contributed by atoms with Gasteiger partial charge in [0.2, 0.25) is 5.88 Å². The SMILES string of the molecule is CCOc1cc(NCC2CNCCO2)nc(C)n1. The van der Waals surface area contributed by atoms with Gasteiger partial charge in [-0.25, -0.2) is 4.98 Å². The van der Waals surface area contributed by atoms with Crippen LogP contribution in [0.3, 0.4) is 0 Å². The third kappa shape index (κ3) is 3.82. The lowest BCUT2D eigenvalue weighted by Crippen LogP contribution is -2.42. The lowest BCUT2D eigenvalue weighted by molar-refractivity contribution is 0.0372. The number of hydrogen-bond donors (Lipinski definition) is 2. The lowest BCUT2D eigenvalue weighted by Gasteiger charge is -2.24. The summed E-state index contributed by atoms with van der Waals surface area (Å²) in [7, 11) is 0. The number of aryl methyl sites for hydroxylation is 1. The molecule has 0 amide bonds. The monoisotopic (exact) mass is 252 g/mol. The van der Waals surface area contributed by atoms with Crippen molar-refractivity contribution in [3.8, 4) is 5.88 Å². The maximum atomic E-state index is 5.61. The average Bonchev–Trinajstić information content (AvgIpc) is 2.37. The summed E-state index contributed by atoms with van der Waals surface area (Å²) in [6, 6.07) is 1.81. The Hall–Kier alpha value is -1.40. The Morgan fingerprint density at radius 1 is 1.56 bits per heavy atom. The highest BCUT2D eigenvalue weighted by molar-refractivity contribution is 5.38. The molecule has 2 heterocycles. The minimum Gasteiger partial charge on any atom is -0.478 e. The molecule has 6 heteroatoms. The molecule has 0 aromatic carbocycles. The summed E-state index contributed by atoms with van der Waals surface area (Å²) >= 11 is 0. The Kier molecular flexibility index (Phi) is 4.72. The summed E-state index contributed by atoms with van der Waals surface area (Å²) in [6.45, 7) is 7.69. The molecule has 2 N–H and O–H groups in total. The van der Waals surface area contributed by atoms with E-state index in [1.54, 1.807) is 0 Å². The normalized spacial score (nSPS) is 19.6. The van der Waals surface area contributed by atoms with Gasteiger partial charge in [-0.15, -0.1) is 0 Å². The van der Waals surface area contributed by atoms with Gasteiger partial charge in [0.25, 0.3) is 0 Å². The smallest absolute Gasteiger partial charge is 0.218 e. The molecular weight excluding hydrogens is 232 g/mol. The molecule has 0 spiro atoms. The molecule has 6 nitrogen and oxygen atoms in total. The predicted octanol–water partition coefficient (Wildman–Crippen LogP) is 0.584. The molecule has 0 aliphatic carbocycles. The number of anilines is 1. The molecule has 100 valence electrons.